The smallest absolute Gasteiger partial charge is 0.0233 e. The number of piperidine rings is 1. The standard InChI is InChI=1S/C17H28N2/c1-3-4-17(18)16-9-11-19(12-10-16)13-15-7-5-14(2)6-8-15/h5-8,16-17H,3-4,9-13,18H2,1-2H3. The lowest BCUT2D eigenvalue weighted by molar-refractivity contribution is 0.160. The highest BCUT2D eigenvalue weighted by Gasteiger charge is 2.23. The number of nitrogens with zero attached hydrogens (tertiary/aromatic N) is 1. The Morgan fingerprint density at radius 3 is 2.42 bits per heavy atom. The van der Waals surface area contributed by atoms with Crippen LogP contribution in [-0.4, -0.2) is 24.0 Å². The molecular formula is C17H28N2. The van der Waals surface area contributed by atoms with Gasteiger partial charge in [-0.05, 0) is 50.8 Å². The second-order valence-corrected chi connectivity index (χ2v) is 6.05. The molecule has 1 fully saturated rings. The predicted molar refractivity (Wildman–Crippen MR) is 82.1 cm³/mol. The van der Waals surface area contributed by atoms with Crippen molar-refractivity contribution >= 4 is 0 Å². The monoisotopic (exact) mass is 260 g/mol. The number of hydrogen-bond donors (Lipinski definition) is 1. The van der Waals surface area contributed by atoms with Gasteiger partial charge >= 0.3 is 0 Å². The minimum absolute atomic E-state index is 0.423. The fourth-order valence-electron chi connectivity index (χ4n) is 3.06. The molecule has 106 valence electrons. The molecule has 1 aliphatic rings. The van der Waals surface area contributed by atoms with Crippen molar-refractivity contribution < 1.29 is 0 Å². The zero-order chi connectivity index (χ0) is 13.7. The molecule has 2 nitrogen and oxygen atoms in total. The number of nitrogens with two attached hydrogens (primary N) is 1. The van der Waals surface area contributed by atoms with Gasteiger partial charge in [0, 0.05) is 12.6 Å². The van der Waals surface area contributed by atoms with Gasteiger partial charge in [0.2, 0.25) is 0 Å². The van der Waals surface area contributed by atoms with E-state index in [1.54, 1.807) is 0 Å². The van der Waals surface area contributed by atoms with Gasteiger partial charge < -0.3 is 5.73 Å². The first kappa shape index (κ1) is 14.5. The Kier molecular flexibility index (Phi) is 5.41. The minimum Gasteiger partial charge on any atom is -0.327 e. The Hall–Kier alpha value is -0.860. The van der Waals surface area contributed by atoms with Gasteiger partial charge in [-0.3, -0.25) is 4.90 Å². The SMILES string of the molecule is CCCC(N)C1CCN(Cc2ccc(C)cc2)CC1. The number of likely N-dealkylation sites (tertiary alicyclic amines) is 1. The zero-order valence-corrected chi connectivity index (χ0v) is 12.4. The van der Waals surface area contributed by atoms with Crippen LogP contribution >= 0.6 is 0 Å². The largest absolute Gasteiger partial charge is 0.327 e. The predicted octanol–water partition coefficient (Wildman–Crippen LogP) is 3.33. The molecule has 2 heteroatoms. The number of benzene rings is 1. The van der Waals surface area contributed by atoms with Crippen LogP contribution in [0.1, 0.15) is 43.7 Å². The van der Waals surface area contributed by atoms with E-state index in [2.05, 4.69) is 43.0 Å². The maximum Gasteiger partial charge on any atom is 0.0233 e. The van der Waals surface area contributed by atoms with Crippen molar-refractivity contribution in [3.05, 3.63) is 35.4 Å². The summed E-state index contributed by atoms with van der Waals surface area (Å²) >= 11 is 0. The number of rotatable bonds is 5. The van der Waals surface area contributed by atoms with Gasteiger partial charge in [0.15, 0.2) is 0 Å². The summed E-state index contributed by atoms with van der Waals surface area (Å²) in [6.07, 6.45) is 4.94. The number of hydrogen-bond acceptors (Lipinski definition) is 2. The van der Waals surface area contributed by atoms with Crippen molar-refractivity contribution in [2.45, 2.75) is 52.1 Å². The van der Waals surface area contributed by atoms with Crippen molar-refractivity contribution in [3.63, 3.8) is 0 Å². The van der Waals surface area contributed by atoms with Gasteiger partial charge in [-0.15, -0.1) is 0 Å². The molecule has 0 spiro atoms. The molecule has 0 bridgehead atoms. The summed E-state index contributed by atoms with van der Waals surface area (Å²) in [7, 11) is 0. The van der Waals surface area contributed by atoms with Crippen molar-refractivity contribution in [1.29, 1.82) is 0 Å². The highest BCUT2D eigenvalue weighted by molar-refractivity contribution is 5.21. The van der Waals surface area contributed by atoms with Crippen LogP contribution in [0.2, 0.25) is 0 Å². The van der Waals surface area contributed by atoms with Gasteiger partial charge in [0.25, 0.3) is 0 Å². The molecular weight excluding hydrogens is 232 g/mol. The first-order valence-electron chi connectivity index (χ1n) is 7.72. The van der Waals surface area contributed by atoms with Crippen molar-refractivity contribution in [2.24, 2.45) is 11.7 Å². The average molecular weight is 260 g/mol. The van der Waals surface area contributed by atoms with Crippen LogP contribution in [-0.2, 0) is 6.54 Å². The molecule has 0 aromatic heterocycles. The van der Waals surface area contributed by atoms with E-state index in [-0.39, 0.29) is 0 Å². The summed E-state index contributed by atoms with van der Waals surface area (Å²) in [5.74, 6) is 0.745. The van der Waals surface area contributed by atoms with E-state index < -0.39 is 0 Å². The molecule has 2 rings (SSSR count). The van der Waals surface area contributed by atoms with E-state index >= 15 is 0 Å². The van der Waals surface area contributed by atoms with Crippen LogP contribution in [0.3, 0.4) is 0 Å². The van der Waals surface area contributed by atoms with Gasteiger partial charge in [0.1, 0.15) is 0 Å². The molecule has 0 saturated carbocycles. The zero-order valence-electron chi connectivity index (χ0n) is 12.4. The highest BCUT2D eigenvalue weighted by atomic mass is 15.1. The normalized spacial score (nSPS) is 19.5. The molecule has 1 unspecified atom stereocenters. The fourth-order valence-corrected chi connectivity index (χ4v) is 3.06. The Morgan fingerprint density at radius 1 is 1.21 bits per heavy atom. The van der Waals surface area contributed by atoms with Crippen molar-refractivity contribution in [2.75, 3.05) is 13.1 Å². The average Bonchev–Trinajstić information content (AvgIpc) is 2.42. The molecule has 1 aromatic rings. The van der Waals surface area contributed by atoms with E-state index in [1.165, 1.54) is 49.9 Å². The molecule has 0 amide bonds. The van der Waals surface area contributed by atoms with Gasteiger partial charge in [-0.25, -0.2) is 0 Å². The third-order valence-electron chi connectivity index (χ3n) is 4.39. The first-order valence-corrected chi connectivity index (χ1v) is 7.72. The van der Waals surface area contributed by atoms with E-state index in [4.69, 9.17) is 5.73 Å². The lowest BCUT2D eigenvalue weighted by Gasteiger charge is -2.34. The van der Waals surface area contributed by atoms with Crippen LogP contribution in [0.25, 0.3) is 0 Å². The van der Waals surface area contributed by atoms with E-state index in [0.29, 0.717) is 6.04 Å². The van der Waals surface area contributed by atoms with Gasteiger partial charge in [-0.2, -0.15) is 0 Å². The maximum absolute atomic E-state index is 6.26. The van der Waals surface area contributed by atoms with Crippen LogP contribution in [0, 0.1) is 12.8 Å². The van der Waals surface area contributed by atoms with E-state index in [0.717, 1.165) is 12.5 Å². The summed E-state index contributed by atoms with van der Waals surface area (Å²) in [5.41, 5.74) is 9.03. The van der Waals surface area contributed by atoms with Crippen LogP contribution < -0.4 is 5.73 Å². The lowest BCUT2D eigenvalue weighted by atomic mass is 9.87. The Morgan fingerprint density at radius 2 is 1.84 bits per heavy atom. The van der Waals surface area contributed by atoms with E-state index in [9.17, 15) is 0 Å². The Bertz CT molecular complexity index is 363. The summed E-state index contributed by atoms with van der Waals surface area (Å²) in [6.45, 7) is 7.87. The molecule has 1 atom stereocenters. The highest BCUT2D eigenvalue weighted by Crippen LogP contribution is 2.23. The summed E-state index contributed by atoms with van der Waals surface area (Å²) in [5, 5.41) is 0. The molecule has 2 N–H and O–H groups in total. The second kappa shape index (κ2) is 7.06. The van der Waals surface area contributed by atoms with Gasteiger partial charge in [-0.1, -0.05) is 43.2 Å². The van der Waals surface area contributed by atoms with Crippen molar-refractivity contribution in [1.82, 2.24) is 4.90 Å². The Labute approximate surface area is 118 Å². The van der Waals surface area contributed by atoms with E-state index in [1.807, 2.05) is 0 Å². The second-order valence-electron chi connectivity index (χ2n) is 6.05. The maximum atomic E-state index is 6.26. The van der Waals surface area contributed by atoms with Crippen LogP contribution in [0.5, 0.6) is 0 Å². The molecule has 1 saturated heterocycles. The van der Waals surface area contributed by atoms with Crippen LogP contribution in [0.4, 0.5) is 0 Å². The third kappa shape index (κ3) is 4.32. The minimum atomic E-state index is 0.423. The number of aryl methyl sites for hydroxylation is 1. The quantitative estimate of drug-likeness (QED) is 0.880. The first-order chi connectivity index (χ1) is 9.19. The molecule has 19 heavy (non-hydrogen) atoms. The third-order valence-corrected chi connectivity index (χ3v) is 4.39. The molecule has 0 aliphatic carbocycles. The lowest BCUT2D eigenvalue weighted by Crippen LogP contribution is -2.40. The molecule has 1 heterocycles. The topological polar surface area (TPSA) is 29.3 Å². The van der Waals surface area contributed by atoms with Crippen molar-refractivity contribution in [3.8, 4) is 0 Å². The fraction of sp³-hybridized carbons (Fsp3) is 0.647. The van der Waals surface area contributed by atoms with Gasteiger partial charge in [0.05, 0.1) is 0 Å². The Balaban J connectivity index is 1.78. The molecule has 1 aliphatic heterocycles. The summed E-state index contributed by atoms with van der Waals surface area (Å²) < 4.78 is 0. The summed E-state index contributed by atoms with van der Waals surface area (Å²) in [6, 6.07) is 9.35. The molecule has 1 aromatic carbocycles. The van der Waals surface area contributed by atoms with Crippen LogP contribution in [0.15, 0.2) is 24.3 Å². The molecule has 0 radical (unpaired) electrons. The summed E-state index contributed by atoms with van der Waals surface area (Å²) in [4.78, 5) is 2.57.